The van der Waals surface area contributed by atoms with Gasteiger partial charge in [0.25, 0.3) is 5.89 Å². The summed E-state index contributed by atoms with van der Waals surface area (Å²) in [6.45, 7) is 4.08. The molecule has 0 radical (unpaired) electrons. The molecule has 42 heavy (non-hydrogen) atoms. The third-order valence-electron chi connectivity index (χ3n) is 6.50. The predicted molar refractivity (Wildman–Crippen MR) is 152 cm³/mol. The van der Waals surface area contributed by atoms with Crippen LogP contribution in [0.2, 0.25) is 5.02 Å². The number of nitrogens with zero attached hydrogens (tertiary/aromatic N) is 2. The van der Waals surface area contributed by atoms with Crippen LogP contribution >= 0.6 is 11.6 Å². The summed E-state index contributed by atoms with van der Waals surface area (Å²) in [4.78, 5) is 39.7. The van der Waals surface area contributed by atoms with Crippen LogP contribution < -0.4 is 14.4 Å². The topological polar surface area (TPSA) is 173 Å². The maximum absolute atomic E-state index is 11.6. The van der Waals surface area contributed by atoms with E-state index >= 15 is 0 Å². The highest BCUT2D eigenvalue weighted by molar-refractivity contribution is 6.30. The average molecular weight is 601 g/mol. The summed E-state index contributed by atoms with van der Waals surface area (Å²) in [5.74, 6) is -2.92. The molecule has 0 spiro atoms. The lowest BCUT2D eigenvalue weighted by molar-refractivity contribution is -0.137. The van der Waals surface area contributed by atoms with Crippen molar-refractivity contribution < 1.29 is 48.0 Å². The molecule has 0 aliphatic rings. The van der Waals surface area contributed by atoms with E-state index < -0.39 is 17.9 Å². The van der Waals surface area contributed by atoms with E-state index in [0.29, 0.717) is 51.7 Å². The summed E-state index contributed by atoms with van der Waals surface area (Å²) in [6, 6.07) is 9.98. The standard InChI is InChI=1S/C29H29ClN2O10/c1-3-16(11-26(33)34)19-13-21-17(10-24(41-21)28-31-14-25(42-28)29(37)38)9-22(19)39-7-8-40-23-12-18(30)5-6-20(23)32(4-2)15-27(35)36/h5-6,9-10,12-14,16H,3-4,7-8,11,15H2,1-2H3,(H,33,34)(H,35,36)(H,37,38). The quantitative estimate of drug-likeness (QED) is 0.141. The summed E-state index contributed by atoms with van der Waals surface area (Å²) in [5.41, 5.74) is 1.61. The molecule has 2 aromatic carbocycles. The number of aromatic carboxylic acids is 1. The van der Waals surface area contributed by atoms with Crippen LogP contribution in [-0.4, -0.2) is 64.5 Å². The van der Waals surface area contributed by atoms with E-state index in [2.05, 4.69) is 4.98 Å². The van der Waals surface area contributed by atoms with Crippen LogP contribution in [0.1, 0.15) is 48.7 Å². The minimum absolute atomic E-state index is 0.0139. The van der Waals surface area contributed by atoms with Crippen LogP contribution in [0.4, 0.5) is 5.69 Å². The molecular formula is C29H29ClN2O10. The number of furan rings is 1. The average Bonchev–Trinajstić information content (AvgIpc) is 3.60. The Labute approximate surface area is 245 Å². The first kappa shape index (κ1) is 30.3. The van der Waals surface area contributed by atoms with Crippen molar-refractivity contribution >= 4 is 46.2 Å². The Kier molecular flexibility index (Phi) is 9.58. The van der Waals surface area contributed by atoms with Crippen molar-refractivity contribution in [2.24, 2.45) is 0 Å². The fourth-order valence-corrected chi connectivity index (χ4v) is 4.66. The monoisotopic (exact) mass is 600 g/mol. The van der Waals surface area contributed by atoms with Gasteiger partial charge >= 0.3 is 17.9 Å². The first-order valence-electron chi connectivity index (χ1n) is 13.1. The van der Waals surface area contributed by atoms with E-state index in [9.17, 15) is 24.6 Å². The fraction of sp³-hybridized carbons (Fsp3) is 0.310. The van der Waals surface area contributed by atoms with Gasteiger partial charge in [-0.2, -0.15) is 0 Å². The first-order valence-corrected chi connectivity index (χ1v) is 13.5. The van der Waals surface area contributed by atoms with Crippen molar-refractivity contribution in [1.82, 2.24) is 4.98 Å². The molecule has 0 bridgehead atoms. The number of likely N-dealkylation sites (N-methyl/N-ethyl adjacent to an activating group) is 1. The predicted octanol–water partition coefficient (Wildman–Crippen LogP) is 5.78. The van der Waals surface area contributed by atoms with Gasteiger partial charge in [0.2, 0.25) is 5.76 Å². The lowest BCUT2D eigenvalue weighted by Crippen LogP contribution is -2.29. The minimum Gasteiger partial charge on any atom is -0.490 e. The second kappa shape index (κ2) is 13.3. The SMILES string of the molecule is CCC(CC(=O)O)c1cc2oc(-c3ncc(C(=O)O)o3)cc2cc1OCCOc1cc(Cl)ccc1N(CC)CC(=O)O. The molecule has 13 heteroatoms. The number of halogens is 1. The maximum Gasteiger partial charge on any atom is 0.373 e. The third-order valence-corrected chi connectivity index (χ3v) is 6.73. The van der Waals surface area contributed by atoms with Crippen LogP contribution in [0.5, 0.6) is 11.5 Å². The van der Waals surface area contributed by atoms with Crippen LogP contribution in [0.3, 0.4) is 0 Å². The molecule has 3 N–H and O–H groups in total. The number of aliphatic carboxylic acids is 2. The minimum atomic E-state index is -1.27. The van der Waals surface area contributed by atoms with E-state index in [-0.39, 0.29) is 49.5 Å². The Hall–Kier alpha value is -4.71. The molecule has 12 nitrogen and oxygen atoms in total. The van der Waals surface area contributed by atoms with E-state index in [4.69, 9.17) is 35.0 Å². The van der Waals surface area contributed by atoms with E-state index in [1.54, 1.807) is 41.3 Å². The van der Waals surface area contributed by atoms with E-state index in [1.165, 1.54) is 0 Å². The molecule has 2 aromatic heterocycles. The lowest BCUT2D eigenvalue weighted by Gasteiger charge is -2.24. The molecule has 4 rings (SSSR count). The molecule has 0 amide bonds. The van der Waals surface area contributed by atoms with Gasteiger partial charge in [-0.3, -0.25) is 9.59 Å². The summed E-state index contributed by atoms with van der Waals surface area (Å²) in [5, 5.41) is 28.9. The van der Waals surface area contributed by atoms with Crippen LogP contribution in [0.25, 0.3) is 22.6 Å². The Bertz CT molecular complexity index is 1590. The van der Waals surface area contributed by atoms with E-state index in [0.717, 1.165) is 6.20 Å². The molecule has 0 aliphatic carbocycles. The van der Waals surface area contributed by atoms with Gasteiger partial charge in [0.15, 0.2) is 5.76 Å². The number of carbonyl (C=O) groups is 3. The summed E-state index contributed by atoms with van der Waals surface area (Å²) in [6.07, 6.45) is 1.46. The molecule has 0 saturated heterocycles. The highest BCUT2D eigenvalue weighted by Crippen LogP contribution is 2.38. The zero-order valence-corrected chi connectivity index (χ0v) is 23.6. The largest absolute Gasteiger partial charge is 0.490 e. The molecule has 4 aromatic rings. The number of hydrogen-bond donors (Lipinski definition) is 3. The molecule has 2 heterocycles. The van der Waals surface area contributed by atoms with Crippen molar-refractivity contribution in [2.45, 2.75) is 32.6 Å². The highest BCUT2D eigenvalue weighted by Gasteiger charge is 2.22. The number of benzene rings is 2. The van der Waals surface area contributed by atoms with Gasteiger partial charge in [0, 0.05) is 28.6 Å². The molecule has 0 saturated carbocycles. The Morgan fingerprint density at radius 2 is 1.71 bits per heavy atom. The number of fused-ring (bicyclic) bond motifs is 1. The Morgan fingerprint density at radius 3 is 2.33 bits per heavy atom. The number of aromatic nitrogens is 1. The van der Waals surface area contributed by atoms with Crippen molar-refractivity contribution in [1.29, 1.82) is 0 Å². The smallest absolute Gasteiger partial charge is 0.373 e. The lowest BCUT2D eigenvalue weighted by atomic mass is 9.92. The third kappa shape index (κ3) is 7.13. The highest BCUT2D eigenvalue weighted by atomic mass is 35.5. The summed E-state index contributed by atoms with van der Waals surface area (Å²) in [7, 11) is 0. The normalized spacial score (nSPS) is 11.8. The number of anilines is 1. The molecule has 1 atom stereocenters. The van der Waals surface area contributed by atoms with Crippen LogP contribution in [0.15, 0.2) is 51.4 Å². The van der Waals surface area contributed by atoms with Crippen molar-refractivity contribution in [2.75, 3.05) is 31.2 Å². The number of carboxylic acid groups (broad SMARTS) is 3. The number of rotatable bonds is 15. The Balaban J connectivity index is 1.59. The number of hydrogen-bond acceptors (Lipinski definition) is 9. The molecule has 1 unspecified atom stereocenters. The Morgan fingerprint density at radius 1 is 0.976 bits per heavy atom. The van der Waals surface area contributed by atoms with Gasteiger partial charge < -0.3 is 38.5 Å². The second-order valence-corrected chi connectivity index (χ2v) is 9.73. The van der Waals surface area contributed by atoms with Gasteiger partial charge in [-0.05, 0) is 49.6 Å². The maximum atomic E-state index is 11.6. The van der Waals surface area contributed by atoms with Gasteiger partial charge in [0.1, 0.15) is 36.8 Å². The molecule has 0 fully saturated rings. The summed E-state index contributed by atoms with van der Waals surface area (Å²) >= 11 is 6.17. The number of oxazole rings is 1. The molecule has 222 valence electrons. The van der Waals surface area contributed by atoms with E-state index in [1.807, 2.05) is 13.8 Å². The zero-order chi connectivity index (χ0) is 30.4. The number of carboxylic acids is 3. The van der Waals surface area contributed by atoms with Crippen molar-refractivity contribution in [3.63, 3.8) is 0 Å². The fourth-order valence-electron chi connectivity index (χ4n) is 4.50. The van der Waals surface area contributed by atoms with Crippen molar-refractivity contribution in [3.05, 3.63) is 58.9 Å². The van der Waals surface area contributed by atoms with Gasteiger partial charge in [-0.25, -0.2) is 9.78 Å². The first-order chi connectivity index (χ1) is 20.1. The molecule has 0 aliphatic heterocycles. The number of ether oxygens (including phenoxy) is 2. The van der Waals surface area contributed by atoms with Gasteiger partial charge in [0.05, 0.1) is 18.3 Å². The van der Waals surface area contributed by atoms with Gasteiger partial charge in [-0.15, -0.1) is 0 Å². The zero-order valence-electron chi connectivity index (χ0n) is 22.8. The van der Waals surface area contributed by atoms with Crippen LogP contribution in [-0.2, 0) is 9.59 Å². The van der Waals surface area contributed by atoms with Crippen LogP contribution in [0, 0.1) is 0 Å². The van der Waals surface area contributed by atoms with Crippen molar-refractivity contribution in [3.8, 4) is 23.1 Å². The molecular weight excluding hydrogens is 572 g/mol. The van der Waals surface area contributed by atoms with Gasteiger partial charge in [-0.1, -0.05) is 18.5 Å². The summed E-state index contributed by atoms with van der Waals surface area (Å²) < 4.78 is 23.2. The second-order valence-electron chi connectivity index (χ2n) is 9.29.